The van der Waals surface area contributed by atoms with E-state index in [1.165, 1.54) is 16.4 Å². The molecule has 0 fully saturated rings. The van der Waals surface area contributed by atoms with Crippen LogP contribution in [0.2, 0.25) is 0 Å². The number of hydrazone groups is 1. The molecule has 1 heterocycles. The third-order valence-corrected chi connectivity index (χ3v) is 6.18. The number of aromatic nitrogens is 1. The van der Waals surface area contributed by atoms with Crippen LogP contribution in [0.1, 0.15) is 38.8 Å². The van der Waals surface area contributed by atoms with E-state index in [1.807, 2.05) is 37.3 Å². The first-order valence-electron chi connectivity index (χ1n) is 11.9. The van der Waals surface area contributed by atoms with Gasteiger partial charge in [-0.1, -0.05) is 42.0 Å². The molecule has 6 nitrogen and oxygen atoms in total. The molecule has 0 saturated heterocycles. The van der Waals surface area contributed by atoms with Gasteiger partial charge in [0, 0.05) is 45.2 Å². The monoisotopic (exact) mass is 474 g/mol. The number of carbonyl (C=O) groups excluding carboxylic acids is 2. The van der Waals surface area contributed by atoms with E-state index in [0.717, 1.165) is 23.1 Å². The minimum absolute atomic E-state index is 0.195. The second-order valence-corrected chi connectivity index (χ2v) is 8.64. The van der Waals surface area contributed by atoms with Crippen LogP contribution in [-0.2, 0) is 6.54 Å². The van der Waals surface area contributed by atoms with E-state index < -0.39 is 0 Å². The number of nitrogens with zero attached hydrogens (tertiary/aromatic N) is 2. The lowest BCUT2D eigenvalue weighted by Crippen LogP contribution is -2.18. The summed E-state index contributed by atoms with van der Waals surface area (Å²) in [5.41, 5.74) is 8.52. The number of carbonyl (C=O) groups is 2. The molecule has 4 aromatic carbocycles. The van der Waals surface area contributed by atoms with Crippen LogP contribution in [0.4, 0.5) is 5.69 Å². The predicted octanol–water partition coefficient (Wildman–Crippen LogP) is 6.14. The van der Waals surface area contributed by atoms with Crippen molar-refractivity contribution in [3.05, 3.63) is 113 Å². The van der Waals surface area contributed by atoms with Crippen LogP contribution in [0.5, 0.6) is 0 Å². The summed E-state index contributed by atoms with van der Waals surface area (Å²) in [5.74, 6) is -0.522. The van der Waals surface area contributed by atoms with Gasteiger partial charge in [-0.3, -0.25) is 9.59 Å². The quantitative estimate of drug-likeness (QED) is 0.229. The molecule has 0 aliphatic heterocycles. The highest BCUT2D eigenvalue weighted by atomic mass is 16.2. The molecular weight excluding hydrogens is 448 g/mol. The zero-order valence-electron chi connectivity index (χ0n) is 20.2. The molecule has 0 bridgehead atoms. The summed E-state index contributed by atoms with van der Waals surface area (Å²) in [6.07, 6.45) is 1.64. The Morgan fingerprint density at radius 3 is 2.36 bits per heavy atom. The molecule has 1 aromatic heterocycles. The standard InChI is InChI=1S/C30H26N4O2/c1-3-34-27-10-5-4-9-25(27)26-18-21(11-16-28(26)34)19-31-33-30(36)22-12-14-24(15-13-22)32-29(35)23-8-6-7-20(2)17-23/h4-19H,3H2,1-2H3,(H,32,35)(H,33,36)/b31-19+. The molecule has 5 rings (SSSR count). The van der Waals surface area contributed by atoms with Gasteiger partial charge >= 0.3 is 0 Å². The molecule has 0 unspecified atom stereocenters. The van der Waals surface area contributed by atoms with Gasteiger partial charge in [0.2, 0.25) is 0 Å². The van der Waals surface area contributed by atoms with Gasteiger partial charge in [0.25, 0.3) is 11.8 Å². The van der Waals surface area contributed by atoms with Crippen LogP contribution in [-0.4, -0.2) is 22.6 Å². The van der Waals surface area contributed by atoms with Crippen LogP contribution in [0, 0.1) is 6.92 Å². The van der Waals surface area contributed by atoms with E-state index in [9.17, 15) is 9.59 Å². The van der Waals surface area contributed by atoms with Gasteiger partial charge in [-0.15, -0.1) is 0 Å². The zero-order valence-corrected chi connectivity index (χ0v) is 20.2. The Bertz CT molecular complexity index is 1610. The van der Waals surface area contributed by atoms with E-state index in [0.29, 0.717) is 16.8 Å². The summed E-state index contributed by atoms with van der Waals surface area (Å²) in [4.78, 5) is 25.0. The van der Waals surface area contributed by atoms with Crippen LogP contribution in [0.15, 0.2) is 96.1 Å². The minimum Gasteiger partial charge on any atom is -0.341 e. The second-order valence-electron chi connectivity index (χ2n) is 8.64. The van der Waals surface area contributed by atoms with Gasteiger partial charge in [0.1, 0.15) is 0 Å². The van der Waals surface area contributed by atoms with Crippen molar-refractivity contribution in [2.45, 2.75) is 20.4 Å². The molecule has 178 valence electrons. The molecule has 0 saturated carbocycles. The first kappa shape index (κ1) is 23.1. The lowest BCUT2D eigenvalue weighted by atomic mass is 10.1. The molecule has 5 aromatic rings. The molecule has 0 aliphatic rings. The SMILES string of the molecule is CCn1c2ccccc2c2cc(/C=N/NC(=O)c3ccc(NC(=O)c4cccc(C)c4)cc3)ccc21. The van der Waals surface area contributed by atoms with Gasteiger partial charge in [-0.05, 0) is 74.0 Å². The van der Waals surface area contributed by atoms with Gasteiger partial charge in [-0.25, -0.2) is 5.43 Å². The van der Waals surface area contributed by atoms with Crippen molar-refractivity contribution in [2.24, 2.45) is 5.10 Å². The number of rotatable bonds is 6. The summed E-state index contributed by atoms with van der Waals surface area (Å²) >= 11 is 0. The number of para-hydroxylation sites is 1. The first-order chi connectivity index (χ1) is 17.5. The summed E-state index contributed by atoms with van der Waals surface area (Å²) in [6.45, 7) is 4.97. The van der Waals surface area contributed by atoms with E-state index >= 15 is 0 Å². The molecule has 36 heavy (non-hydrogen) atoms. The van der Waals surface area contributed by atoms with E-state index in [2.05, 4.69) is 57.7 Å². The van der Waals surface area contributed by atoms with E-state index in [1.54, 1.807) is 36.5 Å². The van der Waals surface area contributed by atoms with Crippen molar-refractivity contribution in [2.75, 3.05) is 5.32 Å². The maximum absolute atomic E-state index is 12.5. The maximum atomic E-state index is 12.5. The van der Waals surface area contributed by atoms with Crippen molar-refractivity contribution >= 4 is 45.5 Å². The summed E-state index contributed by atoms with van der Waals surface area (Å²) in [7, 11) is 0. The Hall–Kier alpha value is -4.71. The molecule has 0 radical (unpaired) electrons. The number of benzene rings is 4. The molecule has 0 spiro atoms. The minimum atomic E-state index is -0.327. The number of hydrogen-bond donors (Lipinski definition) is 2. The maximum Gasteiger partial charge on any atom is 0.271 e. The second kappa shape index (κ2) is 9.88. The highest BCUT2D eigenvalue weighted by Gasteiger charge is 2.10. The topological polar surface area (TPSA) is 75.5 Å². The highest BCUT2D eigenvalue weighted by molar-refractivity contribution is 6.09. The zero-order chi connectivity index (χ0) is 25.1. The molecule has 2 amide bonds. The normalized spacial score (nSPS) is 11.3. The van der Waals surface area contributed by atoms with E-state index in [-0.39, 0.29) is 11.8 Å². The van der Waals surface area contributed by atoms with E-state index in [4.69, 9.17) is 0 Å². The van der Waals surface area contributed by atoms with Gasteiger partial charge in [-0.2, -0.15) is 5.10 Å². The lowest BCUT2D eigenvalue weighted by molar-refractivity contribution is 0.0954. The number of anilines is 1. The van der Waals surface area contributed by atoms with Gasteiger partial charge < -0.3 is 9.88 Å². The van der Waals surface area contributed by atoms with Crippen LogP contribution in [0.25, 0.3) is 21.8 Å². The van der Waals surface area contributed by atoms with Gasteiger partial charge in [0.15, 0.2) is 0 Å². The number of nitrogens with one attached hydrogen (secondary N) is 2. The molecular formula is C30H26N4O2. The van der Waals surface area contributed by atoms with Crippen molar-refractivity contribution < 1.29 is 9.59 Å². The van der Waals surface area contributed by atoms with Crippen molar-refractivity contribution in [3.63, 3.8) is 0 Å². The predicted molar refractivity (Wildman–Crippen MR) is 146 cm³/mol. The molecule has 2 N–H and O–H groups in total. The average Bonchev–Trinajstić information content (AvgIpc) is 3.22. The fourth-order valence-corrected chi connectivity index (χ4v) is 4.42. The third-order valence-electron chi connectivity index (χ3n) is 6.18. The smallest absolute Gasteiger partial charge is 0.271 e. The average molecular weight is 475 g/mol. The van der Waals surface area contributed by atoms with Gasteiger partial charge in [0.05, 0.1) is 6.21 Å². The third kappa shape index (κ3) is 4.61. The van der Waals surface area contributed by atoms with Crippen LogP contribution in [0.3, 0.4) is 0 Å². The number of fused-ring (bicyclic) bond motifs is 3. The Morgan fingerprint density at radius 2 is 1.58 bits per heavy atom. The largest absolute Gasteiger partial charge is 0.341 e. The molecule has 0 aliphatic carbocycles. The molecule has 6 heteroatoms. The first-order valence-corrected chi connectivity index (χ1v) is 11.9. The molecule has 0 atom stereocenters. The van der Waals surface area contributed by atoms with Crippen molar-refractivity contribution in [1.29, 1.82) is 0 Å². The highest BCUT2D eigenvalue weighted by Crippen LogP contribution is 2.29. The Labute approximate surface area is 209 Å². The summed E-state index contributed by atoms with van der Waals surface area (Å²) < 4.78 is 2.29. The van der Waals surface area contributed by atoms with Crippen LogP contribution >= 0.6 is 0 Å². The Balaban J connectivity index is 1.25. The fraction of sp³-hybridized carbons (Fsp3) is 0.100. The lowest BCUT2D eigenvalue weighted by Gasteiger charge is -2.07. The Kier molecular flexibility index (Phi) is 6.33. The van der Waals surface area contributed by atoms with Crippen molar-refractivity contribution in [1.82, 2.24) is 9.99 Å². The fourth-order valence-electron chi connectivity index (χ4n) is 4.42. The number of aryl methyl sites for hydroxylation is 2. The van der Waals surface area contributed by atoms with Crippen LogP contribution < -0.4 is 10.7 Å². The summed E-state index contributed by atoms with van der Waals surface area (Å²) in [5, 5.41) is 9.35. The number of amides is 2. The van der Waals surface area contributed by atoms with Crippen molar-refractivity contribution in [3.8, 4) is 0 Å². The Morgan fingerprint density at radius 1 is 0.806 bits per heavy atom. The number of hydrogen-bond acceptors (Lipinski definition) is 3. The summed E-state index contributed by atoms with van der Waals surface area (Å²) in [6, 6.07) is 28.6.